The van der Waals surface area contributed by atoms with Crippen molar-refractivity contribution in [1.82, 2.24) is 19.5 Å². The maximum atomic E-state index is 14.3. The van der Waals surface area contributed by atoms with Gasteiger partial charge in [0.25, 0.3) is 5.16 Å². The van der Waals surface area contributed by atoms with Gasteiger partial charge in [0.15, 0.2) is 28.5 Å². The molecule has 178 valence electrons. The van der Waals surface area contributed by atoms with Gasteiger partial charge in [0.05, 0.1) is 25.6 Å². The molecule has 0 N–H and O–H groups in total. The van der Waals surface area contributed by atoms with Crippen LogP contribution in [-0.4, -0.2) is 60.8 Å². The van der Waals surface area contributed by atoms with Crippen molar-refractivity contribution in [1.29, 1.82) is 0 Å². The van der Waals surface area contributed by atoms with Crippen molar-refractivity contribution in [3.8, 4) is 5.75 Å². The van der Waals surface area contributed by atoms with E-state index in [9.17, 15) is 12.8 Å². The lowest BCUT2D eigenvalue weighted by Gasteiger charge is -2.28. The number of anilines is 1. The van der Waals surface area contributed by atoms with Gasteiger partial charge in [-0.15, -0.1) is 0 Å². The van der Waals surface area contributed by atoms with E-state index in [1.165, 1.54) is 12.1 Å². The molecule has 0 spiro atoms. The number of sulfone groups is 1. The van der Waals surface area contributed by atoms with E-state index >= 15 is 0 Å². The summed E-state index contributed by atoms with van der Waals surface area (Å²) < 4.78 is 53.5. The molecule has 2 aromatic heterocycles. The van der Waals surface area contributed by atoms with Crippen LogP contribution in [0.15, 0.2) is 23.4 Å². The predicted octanol–water partition coefficient (Wildman–Crippen LogP) is 2.76. The summed E-state index contributed by atoms with van der Waals surface area (Å²) in [5, 5.41) is -0.289. The molecule has 1 aliphatic rings. The lowest BCUT2D eigenvalue weighted by atomic mass is 10.2. The Morgan fingerprint density at radius 2 is 1.88 bits per heavy atom. The summed E-state index contributed by atoms with van der Waals surface area (Å²) in [4.78, 5) is 15.6. The van der Waals surface area contributed by atoms with Gasteiger partial charge in [0, 0.05) is 26.1 Å². The standard InChI is InChI=1S/C22H28FN5O4S/c1-4-18-24-19-20(27-9-11-31-12-10-27)25-22(26-21(19)28(18)5-2)33(29,30)14-15-7-8-17(32-6-3)16(23)13-15/h7-8,13H,4-6,9-12,14H2,1-3H3. The highest BCUT2D eigenvalue weighted by atomic mass is 32.2. The second-order valence-electron chi connectivity index (χ2n) is 7.68. The quantitative estimate of drug-likeness (QED) is 0.457. The Kier molecular flexibility index (Phi) is 6.80. The van der Waals surface area contributed by atoms with Gasteiger partial charge in [0.2, 0.25) is 9.84 Å². The molecule has 0 aliphatic carbocycles. The summed E-state index contributed by atoms with van der Waals surface area (Å²) in [5.74, 6) is 0.364. The fourth-order valence-electron chi connectivity index (χ4n) is 3.94. The third-order valence-electron chi connectivity index (χ3n) is 5.51. The van der Waals surface area contributed by atoms with Gasteiger partial charge < -0.3 is 18.9 Å². The smallest absolute Gasteiger partial charge is 0.251 e. The Balaban J connectivity index is 1.79. The number of aryl methyl sites for hydroxylation is 2. The largest absolute Gasteiger partial charge is 0.491 e. The molecule has 11 heteroatoms. The van der Waals surface area contributed by atoms with Crippen LogP contribution in [0.2, 0.25) is 0 Å². The Labute approximate surface area is 192 Å². The number of nitrogens with zero attached hydrogens (tertiary/aromatic N) is 5. The van der Waals surface area contributed by atoms with E-state index in [2.05, 4.69) is 9.97 Å². The van der Waals surface area contributed by atoms with Gasteiger partial charge in [0.1, 0.15) is 5.82 Å². The summed E-state index contributed by atoms with van der Waals surface area (Å²) >= 11 is 0. The van der Waals surface area contributed by atoms with E-state index in [1.54, 1.807) is 13.0 Å². The fourth-order valence-corrected chi connectivity index (χ4v) is 5.14. The maximum absolute atomic E-state index is 14.3. The summed E-state index contributed by atoms with van der Waals surface area (Å²) in [6.45, 7) is 8.83. The van der Waals surface area contributed by atoms with Crippen LogP contribution in [0.25, 0.3) is 11.2 Å². The molecular weight excluding hydrogens is 449 g/mol. The minimum Gasteiger partial charge on any atom is -0.491 e. The normalized spacial score (nSPS) is 14.7. The van der Waals surface area contributed by atoms with Crippen molar-refractivity contribution in [3.63, 3.8) is 0 Å². The summed E-state index contributed by atoms with van der Waals surface area (Å²) in [6, 6.07) is 4.15. The molecule has 33 heavy (non-hydrogen) atoms. The number of morpholine rings is 1. The first kappa shape index (κ1) is 23.4. The number of ether oxygens (including phenoxy) is 2. The number of aromatic nitrogens is 4. The van der Waals surface area contributed by atoms with Crippen molar-refractivity contribution in [2.75, 3.05) is 37.8 Å². The van der Waals surface area contributed by atoms with E-state index in [-0.39, 0.29) is 10.9 Å². The topological polar surface area (TPSA) is 99.4 Å². The first-order valence-corrected chi connectivity index (χ1v) is 12.8. The lowest BCUT2D eigenvalue weighted by Crippen LogP contribution is -2.37. The van der Waals surface area contributed by atoms with E-state index in [0.29, 0.717) is 68.4 Å². The molecule has 0 atom stereocenters. The second kappa shape index (κ2) is 9.60. The lowest BCUT2D eigenvalue weighted by molar-refractivity contribution is 0.122. The van der Waals surface area contributed by atoms with Crippen LogP contribution in [0.1, 0.15) is 32.2 Å². The van der Waals surface area contributed by atoms with Crippen LogP contribution in [0.3, 0.4) is 0 Å². The highest BCUT2D eigenvalue weighted by Gasteiger charge is 2.27. The molecule has 0 saturated carbocycles. The first-order chi connectivity index (χ1) is 15.9. The minimum absolute atomic E-state index is 0.0878. The molecule has 1 aliphatic heterocycles. The Bertz CT molecular complexity index is 1260. The van der Waals surface area contributed by atoms with Gasteiger partial charge in [-0.1, -0.05) is 13.0 Å². The second-order valence-corrected chi connectivity index (χ2v) is 9.57. The highest BCUT2D eigenvalue weighted by Crippen LogP contribution is 2.28. The Morgan fingerprint density at radius 1 is 1.12 bits per heavy atom. The van der Waals surface area contributed by atoms with Gasteiger partial charge in [-0.25, -0.2) is 17.8 Å². The molecule has 0 amide bonds. The van der Waals surface area contributed by atoms with Crippen LogP contribution in [-0.2, 0) is 33.3 Å². The van der Waals surface area contributed by atoms with E-state index in [1.807, 2.05) is 23.3 Å². The molecule has 0 unspecified atom stereocenters. The van der Waals surface area contributed by atoms with Crippen LogP contribution in [0, 0.1) is 5.82 Å². The molecule has 4 rings (SSSR count). The highest BCUT2D eigenvalue weighted by molar-refractivity contribution is 7.90. The average molecular weight is 478 g/mol. The SMILES string of the molecule is CCOc1ccc(CS(=O)(=O)c2nc(N3CCOCC3)c3nc(CC)n(CC)c3n2)cc1F. The fraction of sp³-hybridized carbons (Fsp3) is 0.500. The van der Waals surface area contributed by atoms with E-state index < -0.39 is 21.4 Å². The molecule has 1 fully saturated rings. The molecule has 3 heterocycles. The number of rotatable bonds is 8. The minimum atomic E-state index is -3.96. The zero-order valence-corrected chi connectivity index (χ0v) is 19.9. The zero-order valence-electron chi connectivity index (χ0n) is 19.0. The molecule has 9 nitrogen and oxygen atoms in total. The van der Waals surface area contributed by atoms with Crippen LogP contribution in [0.4, 0.5) is 10.2 Å². The number of hydrogen-bond acceptors (Lipinski definition) is 8. The van der Waals surface area contributed by atoms with Gasteiger partial charge >= 0.3 is 0 Å². The van der Waals surface area contributed by atoms with Crippen molar-refractivity contribution in [2.24, 2.45) is 0 Å². The Hall–Kier alpha value is -2.79. The zero-order chi connectivity index (χ0) is 23.6. The predicted molar refractivity (Wildman–Crippen MR) is 122 cm³/mol. The van der Waals surface area contributed by atoms with Crippen molar-refractivity contribution in [2.45, 2.75) is 44.6 Å². The van der Waals surface area contributed by atoms with Gasteiger partial charge in [-0.2, -0.15) is 9.97 Å². The molecule has 0 radical (unpaired) electrons. The van der Waals surface area contributed by atoms with Gasteiger partial charge in [-0.05, 0) is 31.5 Å². The summed E-state index contributed by atoms with van der Waals surface area (Å²) in [6.07, 6.45) is 0.681. The van der Waals surface area contributed by atoms with Crippen molar-refractivity contribution >= 4 is 26.8 Å². The summed E-state index contributed by atoms with van der Waals surface area (Å²) in [7, 11) is -3.96. The Morgan fingerprint density at radius 3 is 2.52 bits per heavy atom. The van der Waals surface area contributed by atoms with Crippen molar-refractivity contribution < 1.29 is 22.3 Å². The third-order valence-corrected chi connectivity index (χ3v) is 6.96. The monoisotopic (exact) mass is 477 g/mol. The van der Waals surface area contributed by atoms with E-state index in [0.717, 1.165) is 5.82 Å². The van der Waals surface area contributed by atoms with Crippen LogP contribution in [0.5, 0.6) is 5.75 Å². The molecule has 0 bridgehead atoms. The first-order valence-electron chi connectivity index (χ1n) is 11.1. The molecular formula is C22H28FN5O4S. The van der Waals surface area contributed by atoms with Crippen LogP contribution < -0.4 is 9.64 Å². The number of fused-ring (bicyclic) bond motifs is 1. The summed E-state index contributed by atoms with van der Waals surface area (Å²) in [5.41, 5.74) is 1.37. The van der Waals surface area contributed by atoms with Crippen molar-refractivity contribution in [3.05, 3.63) is 35.4 Å². The number of benzene rings is 1. The molecule has 1 saturated heterocycles. The third kappa shape index (κ3) is 4.65. The molecule has 3 aromatic rings. The maximum Gasteiger partial charge on any atom is 0.251 e. The van der Waals surface area contributed by atoms with E-state index in [4.69, 9.17) is 14.5 Å². The number of imidazole rings is 1. The number of hydrogen-bond donors (Lipinski definition) is 0. The average Bonchev–Trinajstić information content (AvgIpc) is 3.18. The number of halogens is 1. The molecule has 1 aromatic carbocycles. The van der Waals surface area contributed by atoms with Gasteiger partial charge in [-0.3, -0.25) is 0 Å². The van der Waals surface area contributed by atoms with Crippen LogP contribution >= 0.6 is 0 Å².